The lowest BCUT2D eigenvalue weighted by molar-refractivity contribution is -0.140. The van der Waals surface area contributed by atoms with Crippen molar-refractivity contribution in [2.45, 2.75) is 32.4 Å². The van der Waals surface area contributed by atoms with E-state index in [9.17, 15) is 19.5 Å². The summed E-state index contributed by atoms with van der Waals surface area (Å²) in [5, 5.41) is 11.3. The van der Waals surface area contributed by atoms with E-state index in [2.05, 4.69) is 4.98 Å². The number of ether oxygens (including phenoxy) is 2. The second-order valence-electron chi connectivity index (χ2n) is 8.87. The number of likely N-dealkylation sites (tertiary alicyclic amines) is 1. The summed E-state index contributed by atoms with van der Waals surface area (Å²) >= 11 is 0. The quantitative estimate of drug-likeness (QED) is 0.235. The van der Waals surface area contributed by atoms with Gasteiger partial charge >= 0.3 is 5.97 Å². The van der Waals surface area contributed by atoms with Crippen LogP contribution in [-0.2, 0) is 27.3 Å². The third kappa shape index (κ3) is 4.70. The molecule has 1 N–H and O–H groups in total. The van der Waals surface area contributed by atoms with Crippen LogP contribution in [0.25, 0.3) is 5.76 Å². The smallest absolute Gasteiger partial charge is 0.338 e. The zero-order chi connectivity index (χ0) is 25.9. The minimum Gasteiger partial charge on any atom is -0.507 e. The molecule has 0 bridgehead atoms. The van der Waals surface area contributed by atoms with Gasteiger partial charge in [-0.3, -0.25) is 14.6 Å². The molecule has 1 saturated heterocycles. The Morgan fingerprint density at radius 1 is 1.11 bits per heavy atom. The Morgan fingerprint density at radius 2 is 1.89 bits per heavy atom. The highest BCUT2D eigenvalue weighted by Crippen LogP contribution is 2.40. The summed E-state index contributed by atoms with van der Waals surface area (Å²) < 4.78 is 10.7. The first-order chi connectivity index (χ1) is 18.0. The highest BCUT2D eigenvalue weighted by molar-refractivity contribution is 6.46. The standard InChI is InChI=1S/C29H26N2O6/c1-2-36-29(35)19-10-8-18(9-11-19)17-31-25(22-7-3-4-14-30-22)24(27(33)28(31)34)26(32)21-12-13-23-20(16-21)6-5-15-37-23/h3-4,7-14,16,25,32H,2,5-6,15,17H2,1H3/b26-24-. The number of carbonyl (C=O) groups is 3. The molecule has 37 heavy (non-hydrogen) atoms. The number of fused-ring (bicyclic) bond motifs is 1. The van der Waals surface area contributed by atoms with E-state index in [1.807, 2.05) is 0 Å². The van der Waals surface area contributed by atoms with Crippen LogP contribution in [0.15, 0.2) is 72.4 Å². The van der Waals surface area contributed by atoms with Crippen molar-refractivity contribution >= 4 is 23.4 Å². The molecule has 3 heterocycles. The highest BCUT2D eigenvalue weighted by atomic mass is 16.5. The minimum absolute atomic E-state index is 0.0106. The summed E-state index contributed by atoms with van der Waals surface area (Å²) in [6, 6.07) is 16.3. The number of hydrogen-bond donors (Lipinski definition) is 1. The first-order valence-corrected chi connectivity index (χ1v) is 12.2. The van der Waals surface area contributed by atoms with Gasteiger partial charge in [0, 0.05) is 18.3 Å². The number of aliphatic hydroxyl groups is 1. The van der Waals surface area contributed by atoms with Crippen molar-refractivity contribution in [3.05, 3.63) is 100 Å². The van der Waals surface area contributed by atoms with Crippen LogP contribution in [0.2, 0.25) is 0 Å². The Morgan fingerprint density at radius 3 is 2.62 bits per heavy atom. The maximum atomic E-state index is 13.3. The van der Waals surface area contributed by atoms with E-state index >= 15 is 0 Å². The number of pyridine rings is 1. The second kappa shape index (κ2) is 10.3. The number of aliphatic hydroxyl groups excluding tert-OH is 1. The molecule has 8 nitrogen and oxygen atoms in total. The van der Waals surface area contributed by atoms with Crippen molar-refractivity contribution in [1.82, 2.24) is 9.88 Å². The topological polar surface area (TPSA) is 106 Å². The third-order valence-corrected chi connectivity index (χ3v) is 6.51. The molecular formula is C29H26N2O6. The van der Waals surface area contributed by atoms with E-state index < -0.39 is 23.7 Å². The molecule has 2 aliphatic rings. The summed E-state index contributed by atoms with van der Waals surface area (Å²) in [6.07, 6.45) is 3.25. The maximum absolute atomic E-state index is 13.3. The van der Waals surface area contributed by atoms with E-state index in [1.165, 1.54) is 4.90 Å². The van der Waals surface area contributed by atoms with Gasteiger partial charge in [0.15, 0.2) is 0 Å². The van der Waals surface area contributed by atoms with Crippen LogP contribution in [0, 0.1) is 0 Å². The molecule has 0 spiro atoms. The molecule has 5 rings (SSSR count). The van der Waals surface area contributed by atoms with E-state index in [0.717, 1.165) is 24.2 Å². The molecule has 3 aromatic rings. The van der Waals surface area contributed by atoms with Gasteiger partial charge in [-0.15, -0.1) is 0 Å². The van der Waals surface area contributed by atoms with Crippen molar-refractivity contribution in [1.29, 1.82) is 0 Å². The Labute approximate surface area is 214 Å². The zero-order valence-corrected chi connectivity index (χ0v) is 20.3. The lowest BCUT2D eigenvalue weighted by atomic mass is 9.96. The number of amides is 1. The Hall–Kier alpha value is -4.46. The van der Waals surface area contributed by atoms with Gasteiger partial charge in [-0.05, 0) is 73.4 Å². The Kier molecular flexibility index (Phi) is 6.72. The largest absolute Gasteiger partial charge is 0.507 e. The predicted molar refractivity (Wildman–Crippen MR) is 135 cm³/mol. The Bertz CT molecular complexity index is 1380. The fraction of sp³-hybridized carbons (Fsp3) is 0.241. The van der Waals surface area contributed by atoms with E-state index in [0.29, 0.717) is 29.0 Å². The molecule has 1 amide bonds. The van der Waals surface area contributed by atoms with Gasteiger partial charge < -0.3 is 19.5 Å². The average Bonchev–Trinajstić information content (AvgIpc) is 3.18. The molecule has 1 atom stereocenters. The summed E-state index contributed by atoms with van der Waals surface area (Å²) in [7, 11) is 0. The first kappa shape index (κ1) is 24.2. The lowest BCUT2D eigenvalue weighted by Crippen LogP contribution is -2.29. The molecule has 1 unspecified atom stereocenters. The fourth-order valence-corrected chi connectivity index (χ4v) is 4.71. The number of nitrogens with zero attached hydrogens (tertiary/aromatic N) is 2. The molecule has 0 radical (unpaired) electrons. The molecule has 1 fully saturated rings. The number of benzene rings is 2. The number of rotatable bonds is 6. The number of esters is 1. The number of hydrogen-bond acceptors (Lipinski definition) is 7. The van der Waals surface area contributed by atoms with E-state index in [4.69, 9.17) is 9.47 Å². The predicted octanol–water partition coefficient (Wildman–Crippen LogP) is 4.21. The molecule has 2 aliphatic heterocycles. The van der Waals surface area contributed by atoms with Gasteiger partial charge in [-0.1, -0.05) is 18.2 Å². The molecule has 1 aromatic heterocycles. The SMILES string of the molecule is CCOC(=O)c1ccc(CN2C(=O)C(=O)/C(=C(\O)c3ccc4c(c3)CCCO4)C2c2ccccn2)cc1. The molecule has 188 valence electrons. The van der Waals surface area contributed by atoms with Crippen LogP contribution in [-0.4, -0.2) is 45.9 Å². The van der Waals surface area contributed by atoms with Crippen LogP contribution in [0.3, 0.4) is 0 Å². The van der Waals surface area contributed by atoms with Gasteiger partial charge in [0.05, 0.1) is 30.0 Å². The number of carbonyl (C=O) groups excluding carboxylic acids is 3. The van der Waals surface area contributed by atoms with Gasteiger partial charge in [0.25, 0.3) is 11.7 Å². The van der Waals surface area contributed by atoms with Crippen molar-refractivity contribution in [2.24, 2.45) is 0 Å². The first-order valence-electron chi connectivity index (χ1n) is 12.2. The van der Waals surface area contributed by atoms with E-state index in [-0.39, 0.29) is 24.5 Å². The number of ketones is 1. The van der Waals surface area contributed by atoms with Gasteiger partial charge in [-0.25, -0.2) is 4.79 Å². The maximum Gasteiger partial charge on any atom is 0.338 e. The monoisotopic (exact) mass is 498 g/mol. The van der Waals surface area contributed by atoms with Crippen LogP contribution >= 0.6 is 0 Å². The number of aryl methyl sites for hydroxylation is 1. The third-order valence-electron chi connectivity index (χ3n) is 6.51. The van der Waals surface area contributed by atoms with Gasteiger partial charge in [0.2, 0.25) is 0 Å². The van der Waals surface area contributed by atoms with Crippen molar-refractivity contribution in [3.63, 3.8) is 0 Å². The summed E-state index contributed by atoms with van der Waals surface area (Å²) in [5.74, 6) is -1.42. The van der Waals surface area contributed by atoms with Gasteiger partial charge in [-0.2, -0.15) is 0 Å². The summed E-state index contributed by atoms with van der Waals surface area (Å²) in [5.41, 5.74) is 2.95. The minimum atomic E-state index is -0.877. The van der Waals surface area contributed by atoms with Crippen molar-refractivity contribution in [3.8, 4) is 5.75 Å². The Balaban J connectivity index is 1.53. The molecular weight excluding hydrogens is 472 g/mol. The number of Topliss-reactive ketones (excluding diaryl/α,β-unsaturated/α-hetero) is 1. The van der Waals surface area contributed by atoms with Crippen LogP contribution in [0.1, 0.15) is 52.1 Å². The molecule has 8 heteroatoms. The molecule has 0 saturated carbocycles. The summed E-state index contributed by atoms with van der Waals surface area (Å²) in [4.78, 5) is 44.3. The average molecular weight is 499 g/mol. The fourth-order valence-electron chi connectivity index (χ4n) is 4.71. The normalized spacial score (nSPS) is 18.3. The second-order valence-corrected chi connectivity index (χ2v) is 8.87. The van der Waals surface area contributed by atoms with Gasteiger partial charge in [0.1, 0.15) is 17.6 Å². The zero-order valence-electron chi connectivity index (χ0n) is 20.3. The molecule has 0 aliphatic carbocycles. The van der Waals surface area contributed by atoms with Crippen LogP contribution < -0.4 is 4.74 Å². The molecule has 2 aromatic carbocycles. The lowest BCUT2D eigenvalue weighted by Gasteiger charge is -2.25. The van der Waals surface area contributed by atoms with E-state index in [1.54, 1.807) is 73.8 Å². The summed E-state index contributed by atoms with van der Waals surface area (Å²) in [6.45, 7) is 2.73. The van der Waals surface area contributed by atoms with Crippen LogP contribution in [0.4, 0.5) is 0 Å². The number of aromatic nitrogens is 1. The van der Waals surface area contributed by atoms with Crippen LogP contribution in [0.5, 0.6) is 5.75 Å². The van der Waals surface area contributed by atoms with Crippen molar-refractivity contribution in [2.75, 3.05) is 13.2 Å². The van der Waals surface area contributed by atoms with Crippen molar-refractivity contribution < 1.29 is 29.0 Å². The highest BCUT2D eigenvalue weighted by Gasteiger charge is 2.46.